The van der Waals surface area contributed by atoms with Crippen LogP contribution in [0.1, 0.15) is 11.3 Å². The second kappa shape index (κ2) is 6.98. The second-order valence-corrected chi connectivity index (χ2v) is 8.39. The van der Waals surface area contributed by atoms with Crippen molar-refractivity contribution >= 4 is 49.3 Å². The monoisotopic (exact) mass is 407 g/mol. The Bertz CT molecular complexity index is 1190. The number of hydrogen-bond acceptors (Lipinski definition) is 8. The number of rotatable bonds is 3. The van der Waals surface area contributed by atoms with E-state index in [9.17, 15) is 0 Å². The Kier molecular flexibility index (Phi) is 4.14. The number of ether oxygens (including phenoxy) is 1. The molecule has 0 unspecified atom stereocenters. The standard InChI is InChI=1S/C21H21N5O2S/c1-3-18-16(24-21(29-18)26-7-9-27-10-8-26)11-13(1)23-19-4-2-14-15-12-22-6-5-17(15)28-20(14)25-19/h1-4,11,22H,5-10,12H2,(H,23,25). The number of fused-ring (bicyclic) bond motifs is 4. The van der Waals surface area contributed by atoms with Crippen LogP contribution < -0.4 is 15.5 Å². The second-order valence-electron chi connectivity index (χ2n) is 7.38. The number of furan rings is 1. The molecule has 6 rings (SSSR count). The minimum atomic E-state index is 0.702. The molecule has 1 fully saturated rings. The molecule has 0 aliphatic carbocycles. The van der Waals surface area contributed by atoms with Gasteiger partial charge in [-0.1, -0.05) is 11.3 Å². The van der Waals surface area contributed by atoms with Gasteiger partial charge >= 0.3 is 0 Å². The summed E-state index contributed by atoms with van der Waals surface area (Å²) in [4.78, 5) is 11.8. The molecule has 29 heavy (non-hydrogen) atoms. The average Bonchev–Trinajstić information content (AvgIpc) is 3.35. The molecule has 0 spiro atoms. The summed E-state index contributed by atoms with van der Waals surface area (Å²) in [6.07, 6.45) is 0.917. The molecule has 0 bridgehead atoms. The third kappa shape index (κ3) is 3.13. The van der Waals surface area contributed by atoms with E-state index in [0.29, 0.717) is 5.71 Å². The molecule has 2 aliphatic rings. The van der Waals surface area contributed by atoms with Gasteiger partial charge in [0.05, 0.1) is 23.4 Å². The van der Waals surface area contributed by atoms with Gasteiger partial charge in [-0.3, -0.25) is 0 Å². The van der Waals surface area contributed by atoms with Crippen molar-refractivity contribution in [2.24, 2.45) is 0 Å². The van der Waals surface area contributed by atoms with Crippen molar-refractivity contribution in [2.75, 3.05) is 43.1 Å². The molecule has 2 N–H and O–H groups in total. The molecule has 4 aromatic rings. The van der Waals surface area contributed by atoms with E-state index in [2.05, 4.69) is 44.8 Å². The minimum Gasteiger partial charge on any atom is -0.442 e. The van der Waals surface area contributed by atoms with E-state index in [1.165, 1.54) is 10.3 Å². The summed E-state index contributed by atoms with van der Waals surface area (Å²) >= 11 is 1.73. The summed E-state index contributed by atoms with van der Waals surface area (Å²) in [7, 11) is 0. The quantitative estimate of drug-likeness (QED) is 0.537. The van der Waals surface area contributed by atoms with Crippen molar-refractivity contribution in [3.63, 3.8) is 0 Å². The summed E-state index contributed by atoms with van der Waals surface area (Å²) < 4.78 is 12.6. The molecule has 0 radical (unpaired) electrons. The fraction of sp³-hybridized carbons (Fsp3) is 0.333. The first kappa shape index (κ1) is 17.2. The number of nitrogens with one attached hydrogen (secondary N) is 2. The topological polar surface area (TPSA) is 75.5 Å². The van der Waals surface area contributed by atoms with Gasteiger partial charge in [0.1, 0.15) is 11.6 Å². The van der Waals surface area contributed by atoms with Gasteiger partial charge in [0.25, 0.3) is 0 Å². The van der Waals surface area contributed by atoms with E-state index < -0.39 is 0 Å². The molecule has 0 amide bonds. The SMILES string of the molecule is c1cc2sc(N3CCOCC3)nc2cc1Nc1ccc2c3c(oc2n1)CCNC3. The van der Waals surface area contributed by atoms with E-state index >= 15 is 0 Å². The maximum Gasteiger partial charge on any atom is 0.228 e. The molecule has 0 saturated carbocycles. The number of hydrogen-bond donors (Lipinski definition) is 2. The highest BCUT2D eigenvalue weighted by Gasteiger charge is 2.19. The Morgan fingerprint density at radius 1 is 1.10 bits per heavy atom. The summed E-state index contributed by atoms with van der Waals surface area (Å²) in [5.74, 6) is 1.84. The highest BCUT2D eigenvalue weighted by molar-refractivity contribution is 7.22. The molecular weight excluding hydrogens is 386 g/mol. The summed E-state index contributed by atoms with van der Waals surface area (Å²) in [6.45, 7) is 5.14. The molecule has 3 aromatic heterocycles. The molecule has 148 valence electrons. The first-order chi connectivity index (χ1) is 14.3. The van der Waals surface area contributed by atoms with E-state index in [4.69, 9.17) is 14.1 Å². The van der Waals surface area contributed by atoms with Crippen molar-refractivity contribution in [1.29, 1.82) is 0 Å². The van der Waals surface area contributed by atoms with E-state index in [1.54, 1.807) is 11.3 Å². The van der Waals surface area contributed by atoms with Crippen LogP contribution in [-0.4, -0.2) is 42.8 Å². The highest BCUT2D eigenvalue weighted by atomic mass is 32.1. The minimum absolute atomic E-state index is 0.702. The Labute approximate surface area is 171 Å². The number of morpholine rings is 1. The van der Waals surface area contributed by atoms with Gasteiger partial charge in [0.15, 0.2) is 5.13 Å². The van der Waals surface area contributed by atoms with Gasteiger partial charge in [0, 0.05) is 49.2 Å². The van der Waals surface area contributed by atoms with Gasteiger partial charge in [-0.25, -0.2) is 4.98 Å². The molecule has 2 aliphatic heterocycles. The third-order valence-electron chi connectivity index (χ3n) is 5.50. The van der Waals surface area contributed by atoms with E-state index in [0.717, 1.165) is 79.1 Å². The van der Waals surface area contributed by atoms with Crippen molar-refractivity contribution in [3.8, 4) is 0 Å². The number of aromatic nitrogens is 2. The third-order valence-corrected chi connectivity index (χ3v) is 6.60. The number of benzene rings is 1. The molecule has 1 saturated heterocycles. The van der Waals surface area contributed by atoms with Gasteiger partial charge in [0.2, 0.25) is 5.71 Å². The van der Waals surface area contributed by atoms with Crippen LogP contribution in [0.25, 0.3) is 21.3 Å². The maximum absolute atomic E-state index is 5.99. The lowest BCUT2D eigenvalue weighted by Crippen LogP contribution is -2.36. The summed E-state index contributed by atoms with van der Waals surface area (Å²) in [6, 6.07) is 10.4. The predicted octanol–water partition coefficient (Wildman–Crippen LogP) is 3.66. The number of pyridine rings is 1. The van der Waals surface area contributed by atoms with E-state index in [-0.39, 0.29) is 0 Å². The number of thiazole rings is 1. The summed E-state index contributed by atoms with van der Waals surface area (Å²) in [5, 5.41) is 8.96. The molecule has 7 nitrogen and oxygen atoms in total. The lowest BCUT2D eigenvalue weighted by atomic mass is 10.1. The van der Waals surface area contributed by atoms with Gasteiger partial charge in [-0.15, -0.1) is 0 Å². The normalized spacial score (nSPS) is 17.0. The smallest absolute Gasteiger partial charge is 0.228 e. The van der Waals surface area contributed by atoms with Gasteiger partial charge < -0.3 is 24.7 Å². The van der Waals surface area contributed by atoms with Crippen molar-refractivity contribution < 1.29 is 9.15 Å². The van der Waals surface area contributed by atoms with Crippen LogP contribution in [0.15, 0.2) is 34.7 Å². The summed E-state index contributed by atoms with van der Waals surface area (Å²) in [5.41, 5.74) is 3.92. The zero-order valence-electron chi connectivity index (χ0n) is 15.9. The van der Waals surface area contributed by atoms with Crippen LogP contribution in [0.3, 0.4) is 0 Å². The largest absolute Gasteiger partial charge is 0.442 e. The lowest BCUT2D eigenvalue weighted by molar-refractivity contribution is 0.122. The van der Waals surface area contributed by atoms with E-state index in [1.807, 2.05) is 6.07 Å². The molecule has 8 heteroatoms. The molecule has 1 aromatic carbocycles. The molecular formula is C21H21N5O2S. The van der Waals surface area contributed by atoms with Crippen LogP contribution >= 0.6 is 11.3 Å². The van der Waals surface area contributed by atoms with Gasteiger partial charge in [-0.2, -0.15) is 4.98 Å². The van der Waals surface area contributed by atoms with Crippen LogP contribution in [0.2, 0.25) is 0 Å². The first-order valence-corrected chi connectivity index (χ1v) is 10.8. The Hall–Kier alpha value is -2.68. The van der Waals surface area contributed by atoms with Crippen LogP contribution in [0.5, 0.6) is 0 Å². The zero-order chi connectivity index (χ0) is 19.2. The van der Waals surface area contributed by atoms with Crippen LogP contribution in [0.4, 0.5) is 16.6 Å². The average molecular weight is 407 g/mol. The van der Waals surface area contributed by atoms with Crippen molar-refractivity contribution in [1.82, 2.24) is 15.3 Å². The first-order valence-electron chi connectivity index (χ1n) is 9.96. The van der Waals surface area contributed by atoms with Crippen molar-refractivity contribution in [3.05, 3.63) is 41.7 Å². The van der Waals surface area contributed by atoms with Crippen LogP contribution in [-0.2, 0) is 17.7 Å². The number of anilines is 3. The lowest BCUT2D eigenvalue weighted by Gasteiger charge is -2.25. The molecule has 5 heterocycles. The van der Waals surface area contributed by atoms with Gasteiger partial charge in [-0.05, 0) is 30.3 Å². The zero-order valence-corrected chi connectivity index (χ0v) is 16.7. The Morgan fingerprint density at radius 3 is 2.97 bits per heavy atom. The Balaban J connectivity index is 1.28. The maximum atomic E-state index is 5.99. The Morgan fingerprint density at radius 2 is 2.03 bits per heavy atom. The highest BCUT2D eigenvalue weighted by Crippen LogP contribution is 2.32. The molecule has 0 atom stereocenters. The number of nitrogens with zero attached hydrogens (tertiary/aromatic N) is 3. The fourth-order valence-corrected chi connectivity index (χ4v) is 4.99. The fourth-order valence-electron chi connectivity index (χ4n) is 3.99. The predicted molar refractivity (Wildman–Crippen MR) is 115 cm³/mol. The van der Waals surface area contributed by atoms with Crippen molar-refractivity contribution in [2.45, 2.75) is 13.0 Å². The van der Waals surface area contributed by atoms with Crippen LogP contribution in [0, 0.1) is 0 Å².